The van der Waals surface area contributed by atoms with Crippen molar-refractivity contribution in [3.05, 3.63) is 12.2 Å². The van der Waals surface area contributed by atoms with E-state index in [0.29, 0.717) is 6.54 Å². The van der Waals surface area contributed by atoms with Crippen molar-refractivity contribution in [3.8, 4) is 12.3 Å². The topological polar surface area (TPSA) is 42.7 Å². The molecule has 0 aliphatic carbocycles. The van der Waals surface area contributed by atoms with E-state index in [4.69, 9.17) is 6.42 Å². The molecule has 0 amide bonds. The second-order valence-electron chi connectivity index (χ2n) is 3.79. The summed E-state index contributed by atoms with van der Waals surface area (Å²) in [7, 11) is 0. The monoisotopic (exact) mass is 220 g/mol. The fourth-order valence-electron chi connectivity index (χ4n) is 1.57. The summed E-state index contributed by atoms with van der Waals surface area (Å²) in [5.74, 6) is 3.70. The van der Waals surface area contributed by atoms with Crippen LogP contribution in [0.5, 0.6) is 0 Å². The second kappa shape index (κ2) is 7.02. The first-order chi connectivity index (χ1) is 7.81. The molecule has 0 saturated heterocycles. The molecule has 1 unspecified atom stereocenters. The van der Waals surface area contributed by atoms with Crippen molar-refractivity contribution in [2.24, 2.45) is 0 Å². The van der Waals surface area contributed by atoms with Crippen molar-refractivity contribution in [2.45, 2.75) is 52.2 Å². The largest absolute Gasteiger partial charge is 0.297 e. The summed E-state index contributed by atoms with van der Waals surface area (Å²) < 4.78 is 1.92. The van der Waals surface area contributed by atoms with Crippen molar-refractivity contribution in [2.75, 3.05) is 0 Å². The van der Waals surface area contributed by atoms with Crippen LogP contribution >= 0.6 is 0 Å². The quantitative estimate of drug-likeness (QED) is 0.709. The molecule has 4 nitrogen and oxygen atoms in total. The van der Waals surface area contributed by atoms with Crippen LogP contribution in [0.15, 0.2) is 6.33 Å². The van der Waals surface area contributed by atoms with Gasteiger partial charge in [-0.2, -0.15) is 5.10 Å². The highest BCUT2D eigenvalue weighted by molar-refractivity contribution is 4.99. The molecular formula is C12H20N4. The SMILES string of the molecule is C#CC(CCC)NCc1ncnn1CCC. The van der Waals surface area contributed by atoms with Gasteiger partial charge in [-0.15, -0.1) is 6.42 Å². The summed E-state index contributed by atoms with van der Waals surface area (Å²) in [5.41, 5.74) is 0. The van der Waals surface area contributed by atoms with Gasteiger partial charge >= 0.3 is 0 Å². The van der Waals surface area contributed by atoms with E-state index in [1.807, 2.05) is 4.68 Å². The molecule has 0 spiro atoms. The van der Waals surface area contributed by atoms with Gasteiger partial charge in [-0.1, -0.05) is 26.2 Å². The minimum Gasteiger partial charge on any atom is -0.297 e. The van der Waals surface area contributed by atoms with Gasteiger partial charge < -0.3 is 0 Å². The maximum Gasteiger partial charge on any atom is 0.140 e. The summed E-state index contributed by atoms with van der Waals surface area (Å²) in [5, 5.41) is 7.48. The van der Waals surface area contributed by atoms with E-state index in [9.17, 15) is 0 Å². The molecule has 0 aliphatic heterocycles. The minimum absolute atomic E-state index is 0.136. The third-order valence-electron chi connectivity index (χ3n) is 2.42. The van der Waals surface area contributed by atoms with Gasteiger partial charge in [0.25, 0.3) is 0 Å². The zero-order chi connectivity index (χ0) is 11.8. The number of aromatic nitrogens is 3. The fraction of sp³-hybridized carbons (Fsp3) is 0.667. The highest BCUT2D eigenvalue weighted by Gasteiger charge is 2.06. The van der Waals surface area contributed by atoms with Gasteiger partial charge in [0.2, 0.25) is 0 Å². The van der Waals surface area contributed by atoms with Crippen LogP contribution < -0.4 is 5.32 Å². The van der Waals surface area contributed by atoms with Crippen molar-refractivity contribution >= 4 is 0 Å². The summed E-state index contributed by atoms with van der Waals surface area (Å²) in [6, 6.07) is 0.136. The molecule has 1 aromatic rings. The van der Waals surface area contributed by atoms with Gasteiger partial charge in [-0.25, -0.2) is 9.67 Å². The number of nitrogens with one attached hydrogen (secondary N) is 1. The zero-order valence-electron chi connectivity index (χ0n) is 10.1. The zero-order valence-corrected chi connectivity index (χ0v) is 10.1. The summed E-state index contributed by atoms with van der Waals surface area (Å²) in [6.45, 7) is 5.85. The minimum atomic E-state index is 0.136. The van der Waals surface area contributed by atoms with E-state index in [0.717, 1.165) is 31.6 Å². The molecule has 1 atom stereocenters. The normalized spacial score (nSPS) is 12.3. The molecular weight excluding hydrogens is 200 g/mol. The van der Waals surface area contributed by atoms with E-state index in [-0.39, 0.29) is 6.04 Å². The van der Waals surface area contributed by atoms with E-state index < -0.39 is 0 Å². The van der Waals surface area contributed by atoms with E-state index in [1.165, 1.54) is 0 Å². The lowest BCUT2D eigenvalue weighted by molar-refractivity contribution is 0.508. The Morgan fingerprint density at radius 2 is 2.31 bits per heavy atom. The molecule has 0 fully saturated rings. The van der Waals surface area contributed by atoms with Gasteiger partial charge in [0.15, 0.2) is 0 Å². The Morgan fingerprint density at radius 1 is 1.50 bits per heavy atom. The Hall–Kier alpha value is -1.34. The second-order valence-corrected chi connectivity index (χ2v) is 3.79. The fourth-order valence-corrected chi connectivity index (χ4v) is 1.57. The molecule has 0 saturated carbocycles. The number of rotatable bonds is 7. The molecule has 1 N–H and O–H groups in total. The Morgan fingerprint density at radius 3 is 2.94 bits per heavy atom. The van der Waals surface area contributed by atoms with Crippen LogP contribution in [-0.2, 0) is 13.1 Å². The van der Waals surface area contributed by atoms with Gasteiger partial charge in [0, 0.05) is 6.54 Å². The third-order valence-corrected chi connectivity index (χ3v) is 2.42. The molecule has 0 aliphatic rings. The van der Waals surface area contributed by atoms with Crippen LogP contribution in [0, 0.1) is 12.3 Å². The van der Waals surface area contributed by atoms with Crippen molar-refractivity contribution in [1.82, 2.24) is 20.1 Å². The predicted molar refractivity (Wildman–Crippen MR) is 64.7 cm³/mol. The lowest BCUT2D eigenvalue weighted by atomic mass is 10.2. The number of nitrogens with zero attached hydrogens (tertiary/aromatic N) is 3. The van der Waals surface area contributed by atoms with Crippen molar-refractivity contribution in [3.63, 3.8) is 0 Å². The number of aryl methyl sites for hydroxylation is 1. The smallest absolute Gasteiger partial charge is 0.140 e. The third kappa shape index (κ3) is 3.67. The van der Waals surface area contributed by atoms with E-state index in [2.05, 4.69) is 35.2 Å². The molecule has 88 valence electrons. The predicted octanol–water partition coefficient (Wildman–Crippen LogP) is 1.58. The molecule has 0 radical (unpaired) electrons. The lowest BCUT2D eigenvalue weighted by Gasteiger charge is -2.11. The number of hydrogen-bond acceptors (Lipinski definition) is 3. The summed E-state index contributed by atoms with van der Waals surface area (Å²) in [4.78, 5) is 4.22. The van der Waals surface area contributed by atoms with Crippen LogP contribution in [-0.4, -0.2) is 20.8 Å². The first-order valence-corrected chi connectivity index (χ1v) is 5.88. The first kappa shape index (κ1) is 12.7. The average molecular weight is 220 g/mol. The van der Waals surface area contributed by atoms with Crippen LogP contribution in [0.25, 0.3) is 0 Å². The lowest BCUT2D eigenvalue weighted by Crippen LogP contribution is -2.28. The molecule has 1 aromatic heterocycles. The molecule has 0 aromatic carbocycles. The number of hydrogen-bond donors (Lipinski definition) is 1. The molecule has 1 heterocycles. The van der Waals surface area contributed by atoms with Crippen molar-refractivity contribution < 1.29 is 0 Å². The first-order valence-electron chi connectivity index (χ1n) is 5.88. The van der Waals surface area contributed by atoms with Gasteiger partial charge in [0.1, 0.15) is 12.2 Å². The van der Waals surface area contributed by atoms with Crippen LogP contribution in [0.1, 0.15) is 38.9 Å². The average Bonchev–Trinajstić information content (AvgIpc) is 2.72. The van der Waals surface area contributed by atoms with E-state index in [1.54, 1.807) is 6.33 Å². The molecule has 1 rings (SSSR count). The van der Waals surface area contributed by atoms with Crippen LogP contribution in [0.2, 0.25) is 0 Å². The highest BCUT2D eigenvalue weighted by atomic mass is 15.3. The molecule has 16 heavy (non-hydrogen) atoms. The Labute approximate surface area is 97.5 Å². The van der Waals surface area contributed by atoms with E-state index >= 15 is 0 Å². The Kier molecular flexibility index (Phi) is 5.58. The maximum absolute atomic E-state index is 5.44. The Bertz CT molecular complexity index is 337. The maximum atomic E-state index is 5.44. The van der Waals surface area contributed by atoms with Crippen LogP contribution in [0.4, 0.5) is 0 Å². The standard InChI is InChI=1S/C12H20N4/c1-4-7-11(6-3)13-9-12-14-10-15-16(12)8-5-2/h3,10-11,13H,4-5,7-9H2,1-2H3. The number of terminal acetylenes is 1. The van der Waals surface area contributed by atoms with Crippen LogP contribution in [0.3, 0.4) is 0 Å². The van der Waals surface area contributed by atoms with Gasteiger partial charge in [-0.05, 0) is 12.8 Å². The van der Waals surface area contributed by atoms with Gasteiger partial charge in [0.05, 0.1) is 12.6 Å². The van der Waals surface area contributed by atoms with Crippen molar-refractivity contribution in [1.29, 1.82) is 0 Å². The Balaban J connectivity index is 2.47. The van der Waals surface area contributed by atoms with Gasteiger partial charge in [-0.3, -0.25) is 5.32 Å². The highest BCUT2D eigenvalue weighted by Crippen LogP contribution is 1.99. The molecule has 0 bridgehead atoms. The summed E-state index contributed by atoms with van der Waals surface area (Å²) >= 11 is 0. The molecule has 4 heteroatoms. The summed E-state index contributed by atoms with van der Waals surface area (Å²) in [6.07, 6.45) is 10.2.